The zero-order chi connectivity index (χ0) is 20.1. The van der Waals surface area contributed by atoms with Gasteiger partial charge in [-0.25, -0.2) is 4.79 Å². The second-order valence-electron chi connectivity index (χ2n) is 7.41. The van der Waals surface area contributed by atoms with Crippen LogP contribution in [0.5, 0.6) is 0 Å². The van der Waals surface area contributed by atoms with Gasteiger partial charge in [-0.2, -0.15) is 0 Å². The van der Waals surface area contributed by atoms with E-state index in [2.05, 4.69) is 39.2 Å². The van der Waals surface area contributed by atoms with Gasteiger partial charge in [0.2, 0.25) is 0 Å². The van der Waals surface area contributed by atoms with Gasteiger partial charge in [0.25, 0.3) is 5.91 Å². The average molecular weight is 416 g/mol. The van der Waals surface area contributed by atoms with Crippen molar-refractivity contribution in [3.8, 4) is 0 Å². The van der Waals surface area contributed by atoms with E-state index in [0.717, 1.165) is 30.8 Å². The molecule has 4 rings (SSSR count). The smallest absolute Gasteiger partial charge is 0.322 e. The molecule has 3 heterocycles. The Morgan fingerprint density at radius 3 is 2.52 bits per heavy atom. The maximum Gasteiger partial charge on any atom is 0.322 e. The first-order valence-electron chi connectivity index (χ1n) is 10.00. The Bertz CT molecular complexity index is 830. The van der Waals surface area contributed by atoms with Crippen LogP contribution in [-0.2, 0) is 11.2 Å². The maximum atomic E-state index is 12.7. The van der Waals surface area contributed by atoms with E-state index < -0.39 is 0 Å². The van der Waals surface area contributed by atoms with Gasteiger partial charge in [-0.15, -0.1) is 5.10 Å². The number of hydrogen-bond acceptors (Lipinski definition) is 6. The van der Waals surface area contributed by atoms with Crippen LogP contribution in [0.15, 0.2) is 30.3 Å². The third-order valence-corrected chi connectivity index (χ3v) is 6.12. The van der Waals surface area contributed by atoms with E-state index >= 15 is 0 Å². The summed E-state index contributed by atoms with van der Waals surface area (Å²) in [5, 5.41) is 7.21. The first-order chi connectivity index (χ1) is 14.2. The van der Waals surface area contributed by atoms with Crippen LogP contribution in [0.4, 0.5) is 9.80 Å². The van der Waals surface area contributed by atoms with Crippen molar-refractivity contribution in [1.29, 1.82) is 0 Å². The van der Waals surface area contributed by atoms with E-state index in [4.69, 9.17) is 4.74 Å². The summed E-state index contributed by atoms with van der Waals surface area (Å²) in [6.07, 6.45) is 3.00. The molecule has 0 saturated carbocycles. The number of likely N-dealkylation sites (tertiary alicyclic amines) is 1. The molecule has 2 aliphatic heterocycles. The first-order valence-corrected chi connectivity index (χ1v) is 10.8. The van der Waals surface area contributed by atoms with Crippen LogP contribution in [0, 0.1) is 5.92 Å². The second-order valence-corrected chi connectivity index (χ2v) is 8.16. The van der Waals surface area contributed by atoms with Crippen molar-refractivity contribution in [3.05, 3.63) is 41.6 Å². The minimum Gasteiger partial charge on any atom is -0.378 e. The van der Waals surface area contributed by atoms with Crippen molar-refractivity contribution in [2.75, 3.05) is 44.7 Å². The lowest BCUT2D eigenvalue weighted by Gasteiger charge is -2.32. The number of aromatic nitrogens is 2. The van der Waals surface area contributed by atoms with Crippen LogP contribution in [-0.4, -0.2) is 70.7 Å². The Labute approximate surface area is 174 Å². The zero-order valence-electron chi connectivity index (χ0n) is 16.2. The number of carbonyl (C=O) groups excluding carboxylic acids is 2. The Morgan fingerprint density at radius 2 is 1.79 bits per heavy atom. The van der Waals surface area contributed by atoms with Crippen molar-refractivity contribution in [3.63, 3.8) is 0 Å². The van der Waals surface area contributed by atoms with Crippen molar-refractivity contribution in [2.45, 2.75) is 19.3 Å². The molecule has 0 unspecified atom stereocenters. The number of anilines is 1. The van der Waals surface area contributed by atoms with Gasteiger partial charge in [0.15, 0.2) is 10.7 Å². The van der Waals surface area contributed by atoms with E-state index in [1.165, 1.54) is 5.56 Å². The number of ether oxygens (including phenoxy) is 1. The van der Waals surface area contributed by atoms with Gasteiger partial charge in [0.05, 0.1) is 13.2 Å². The zero-order valence-corrected chi connectivity index (χ0v) is 17.1. The molecule has 2 aromatic rings. The fraction of sp³-hybridized carbons (Fsp3) is 0.500. The number of nitrogens with zero attached hydrogens (tertiary/aromatic N) is 4. The second kappa shape index (κ2) is 9.32. The summed E-state index contributed by atoms with van der Waals surface area (Å²) in [7, 11) is 0. The van der Waals surface area contributed by atoms with Crippen molar-refractivity contribution in [1.82, 2.24) is 19.4 Å². The van der Waals surface area contributed by atoms with Gasteiger partial charge in [0, 0.05) is 37.7 Å². The largest absolute Gasteiger partial charge is 0.378 e. The Morgan fingerprint density at radius 1 is 1.07 bits per heavy atom. The number of nitrogens with one attached hydrogen (secondary N) is 1. The highest BCUT2D eigenvalue weighted by Crippen LogP contribution is 2.24. The third-order valence-electron chi connectivity index (χ3n) is 5.48. The molecule has 1 aromatic heterocycles. The molecule has 0 radical (unpaired) electrons. The van der Waals surface area contributed by atoms with Crippen LogP contribution < -0.4 is 5.32 Å². The molecule has 8 nitrogen and oxygen atoms in total. The molecule has 154 valence electrons. The predicted octanol–water partition coefficient (Wildman–Crippen LogP) is 2.50. The fourth-order valence-corrected chi connectivity index (χ4v) is 4.34. The average Bonchev–Trinajstić information content (AvgIpc) is 3.23. The molecule has 9 heteroatoms. The lowest BCUT2D eigenvalue weighted by molar-refractivity contribution is 0.0299. The highest BCUT2D eigenvalue weighted by atomic mass is 32.1. The third kappa shape index (κ3) is 4.91. The summed E-state index contributed by atoms with van der Waals surface area (Å²) in [5.41, 5.74) is 1.56. The summed E-state index contributed by atoms with van der Waals surface area (Å²) >= 11 is 1.04. The first kappa shape index (κ1) is 19.8. The topological polar surface area (TPSA) is 87.7 Å². The molecule has 0 atom stereocenters. The van der Waals surface area contributed by atoms with Gasteiger partial charge in [-0.3, -0.25) is 10.1 Å². The molecule has 0 spiro atoms. The number of piperidine rings is 1. The van der Waals surface area contributed by atoms with Crippen LogP contribution in [0.1, 0.15) is 28.9 Å². The number of hydrogen-bond donors (Lipinski definition) is 1. The molecular weight excluding hydrogens is 390 g/mol. The normalized spacial score (nSPS) is 17.9. The summed E-state index contributed by atoms with van der Waals surface area (Å²) in [6, 6.07) is 10.3. The van der Waals surface area contributed by atoms with Gasteiger partial charge in [-0.05, 0) is 30.7 Å². The summed E-state index contributed by atoms with van der Waals surface area (Å²) in [6.45, 7) is 3.51. The highest BCUT2D eigenvalue weighted by Gasteiger charge is 2.28. The van der Waals surface area contributed by atoms with Gasteiger partial charge in [-0.1, -0.05) is 34.8 Å². The molecular formula is C20H25N5O3S. The Kier molecular flexibility index (Phi) is 6.36. The van der Waals surface area contributed by atoms with Crippen molar-refractivity contribution >= 4 is 28.5 Å². The lowest BCUT2D eigenvalue weighted by atomic mass is 9.90. The van der Waals surface area contributed by atoms with Crippen molar-refractivity contribution in [2.24, 2.45) is 5.92 Å². The molecule has 2 fully saturated rings. The van der Waals surface area contributed by atoms with Gasteiger partial charge >= 0.3 is 6.03 Å². The monoisotopic (exact) mass is 415 g/mol. The number of amides is 3. The van der Waals surface area contributed by atoms with E-state index in [1.807, 2.05) is 11.0 Å². The minimum absolute atomic E-state index is 0.190. The molecule has 2 saturated heterocycles. The number of benzene rings is 1. The van der Waals surface area contributed by atoms with E-state index in [9.17, 15) is 9.59 Å². The summed E-state index contributed by atoms with van der Waals surface area (Å²) < 4.78 is 9.16. The van der Waals surface area contributed by atoms with Crippen LogP contribution in [0.2, 0.25) is 0 Å². The van der Waals surface area contributed by atoms with Crippen molar-refractivity contribution < 1.29 is 14.3 Å². The van der Waals surface area contributed by atoms with Gasteiger partial charge in [0.1, 0.15) is 0 Å². The van der Waals surface area contributed by atoms with E-state index in [-0.39, 0.29) is 17.6 Å². The molecule has 1 aromatic carbocycles. The number of urea groups is 1. The minimum atomic E-state index is -0.209. The number of rotatable bonds is 4. The highest BCUT2D eigenvalue weighted by molar-refractivity contribution is 7.10. The molecule has 2 aliphatic rings. The lowest BCUT2D eigenvalue weighted by Crippen LogP contribution is -2.42. The number of carbonyl (C=O) groups is 2. The Hall–Kier alpha value is -2.52. The molecule has 1 N–H and O–H groups in total. The molecule has 29 heavy (non-hydrogen) atoms. The fourth-order valence-electron chi connectivity index (χ4n) is 3.79. The van der Waals surface area contributed by atoms with Crippen LogP contribution >= 0.6 is 11.5 Å². The standard InChI is InChI=1S/C20H25N5O3S/c26-19(24-10-12-28-13-11-24)17-18(29-23-22-17)21-20(27)25-8-6-16(7-9-25)14-15-4-2-1-3-5-15/h1-5,16H,6-14H2,(H,21,27). The summed E-state index contributed by atoms with van der Waals surface area (Å²) in [4.78, 5) is 28.9. The quantitative estimate of drug-likeness (QED) is 0.829. The number of morpholine rings is 1. The van der Waals surface area contributed by atoms with E-state index in [1.54, 1.807) is 4.90 Å². The summed E-state index contributed by atoms with van der Waals surface area (Å²) in [5.74, 6) is 0.379. The SMILES string of the molecule is O=C(Nc1snnc1C(=O)N1CCOCC1)N1CCC(Cc2ccccc2)CC1. The Balaban J connectivity index is 1.30. The van der Waals surface area contributed by atoms with E-state index in [0.29, 0.717) is 50.3 Å². The molecule has 0 bridgehead atoms. The van der Waals surface area contributed by atoms with Crippen LogP contribution in [0.3, 0.4) is 0 Å². The van der Waals surface area contributed by atoms with Crippen LogP contribution in [0.25, 0.3) is 0 Å². The molecule has 0 aliphatic carbocycles. The van der Waals surface area contributed by atoms with Gasteiger partial charge < -0.3 is 14.5 Å². The predicted molar refractivity (Wildman–Crippen MR) is 110 cm³/mol. The maximum absolute atomic E-state index is 12.7. The molecule has 3 amide bonds.